The summed E-state index contributed by atoms with van der Waals surface area (Å²) in [6.07, 6.45) is 1.05. The Morgan fingerprint density at radius 3 is 3.00 bits per heavy atom. The molecule has 0 aliphatic rings. The van der Waals surface area contributed by atoms with Gasteiger partial charge in [-0.3, -0.25) is 0 Å². The van der Waals surface area contributed by atoms with Crippen LogP contribution in [0.3, 0.4) is 0 Å². The van der Waals surface area contributed by atoms with Crippen LogP contribution in [-0.2, 0) is 10.5 Å². The first-order chi connectivity index (χ1) is 5.36. The van der Waals surface area contributed by atoms with E-state index in [0.717, 1.165) is 11.9 Å². The molecule has 3 heteroatoms. The zero-order valence-corrected chi connectivity index (χ0v) is 7.34. The second-order valence-corrected chi connectivity index (χ2v) is 2.53. The predicted molar refractivity (Wildman–Crippen MR) is 51.3 cm³/mol. The lowest BCUT2D eigenvalue weighted by molar-refractivity contribution is 0.725. The van der Waals surface area contributed by atoms with Crippen LogP contribution < -0.4 is 5.46 Å². The largest absolute Gasteiger partial charge is 0.378 e. The van der Waals surface area contributed by atoms with Crippen LogP contribution in [-0.4, -0.2) is 7.48 Å². The minimum atomic E-state index is 1.05. The normalized spacial score (nSPS) is 9.64. The van der Waals surface area contributed by atoms with E-state index in [0.29, 0.717) is 0 Å². The van der Waals surface area contributed by atoms with E-state index in [1.807, 2.05) is 12.1 Å². The van der Waals surface area contributed by atoms with Gasteiger partial charge in [0.1, 0.15) is 0 Å². The molecule has 0 bridgehead atoms. The lowest BCUT2D eigenvalue weighted by atomic mass is 9.87. The van der Waals surface area contributed by atoms with Crippen molar-refractivity contribution < 1.29 is 4.10 Å². The molecule has 0 unspecified atom stereocenters. The summed E-state index contributed by atoms with van der Waals surface area (Å²) in [4.78, 5) is 0. The fraction of sp³-hybridized carbons (Fsp3) is 0.250. The van der Waals surface area contributed by atoms with Crippen LogP contribution in [0, 0.1) is 0 Å². The number of thiol groups is 1. The molecule has 0 saturated heterocycles. The Labute approximate surface area is 73.7 Å². The molecular weight excluding hydrogens is 155 g/mol. The lowest BCUT2D eigenvalue weighted by Crippen LogP contribution is -2.14. The van der Waals surface area contributed by atoms with E-state index < -0.39 is 0 Å². The molecule has 0 spiro atoms. The van der Waals surface area contributed by atoms with E-state index >= 15 is 0 Å². The first kappa shape index (κ1) is 8.69. The molecule has 1 radical (unpaired) electrons. The minimum absolute atomic E-state index is 1.05. The molecule has 0 saturated carbocycles. The average molecular weight is 165 g/mol. The molecule has 0 atom stereocenters. The zero-order valence-electron chi connectivity index (χ0n) is 6.45. The van der Waals surface area contributed by atoms with Crippen LogP contribution >= 0.6 is 12.9 Å². The highest BCUT2D eigenvalue weighted by molar-refractivity contribution is 7.76. The molecule has 1 nitrogen and oxygen atoms in total. The molecule has 0 aliphatic carbocycles. The predicted octanol–water partition coefficient (Wildman–Crippen LogP) is 1.35. The highest BCUT2D eigenvalue weighted by Gasteiger charge is 1.95. The van der Waals surface area contributed by atoms with Gasteiger partial charge >= 0.3 is 7.48 Å². The number of hydrogen-bond donors (Lipinski definition) is 1. The number of rotatable bonds is 3. The van der Waals surface area contributed by atoms with Gasteiger partial charge in [0.25, 0.3) is 0 Å². The number of hydrogen-bond acceptors (Lipinski definition) is 2. The van der Waals surface area contributed by atoms with Gasteiger partial charge in [-0.05, 0) is 24.9 Å². The van der Waals surface area contributed by atoms with Gasteiger partial charge in [0.05, 0.1) is 0 Å². The third-order valence-corrected chi connectivity index (χ3v) is 1.65. The molecule has 0 heterocycles. The maximum Gasteiger partial charge on any atom is 0.350 e. The van der Waals surface area contributed by atoms with E-state index in [4.69, 9.17) is 0 Å². The van der Waals surface area contributed by atoms with Gasteiger partial charge < -0.3 is 4.10 Å². The van der Waals surface area contributed by atoms with Gasteiger partial charge in [-0.2, -0.15) is 0 Å². The van der Waals surface area contributed by atoms with Crippen molar-refractivity contribution in [3.63, 3.8) is 0 Å². The van der Waals surface area contributed by atoms with Gasteiger partial charge in [-0.1, -0.05) is 36.7 Å². The Morgan fingerprint density at radius 1 is 1.55 bits per heavy atom. The fourth-order valence-corrected chi connectivity index (χ4v) is 1.07. The lowest BCUT2D eigenvalue weighted by Gasteiger charge is -1.98. The second kappa shape index (κ2) is 4.47. The third kappa shape index (κ3) is 2.60. The molecule has 0 aromatic heterocycles. The van der Waals surface area contributed by atoms with Crippen LogP contribution in [0.1, 0.15) is 12.5 Å². The highest BCUT2D eigenvalue weighted by Crippen LogP contribution is 1.96. The summed E-state index contributed by atoms with van der Waals surface area (Å²) in [5.41, 5.74) is 2.36. The molecule has 0 N–H and O–H groups in total. The second-order valence-electron chi connectivity index (χ2n) is 2.32. The van der Waals surface area contributed by atoms with Gasteiger partial charge in [0, 0.05) is 0 Å². The quantitative estimate of drug-likeness (QED) is 0.404. The van der Waals surface area contributed by atoms with Crippen molar-refractivity contribution in [3.8, 4) is 0 Å². The van der Waals surface area contributed by atoms with Crippen LogP contribution in [0.5, 0.6) is 0 Å². The summed E-state index contributed by atoms with van der Waals surface area (Å²) in [6, 6.07) is 8.17. The summed E-state index contributed by atoms with van der Waals surface area (Å²) in [5, 5.41) is 0. The summed E-state index contributed by atoms with van der Waals surface area (Å²) >= 11 is 3.64. The molecule has 1 rings (SSSR count). The minimum Gasteiger partial charge on any atom is -0.378 e. The Morgan fingerprint density at radius 2 is 2.36 bits per heavy atom. The van der Waals surface area contributed by atoms with Crippen molar-refractivity contribution >= 4 is 25.9 Å². The Hall–Kier alpha value is -0.405. The van der Waals surface area contributed by atoms with E-state index in [9.17, 15) is 0 Å². The molecule has 11 heavy (non-hydrogen) atoms. The Bertz CT molecular complexity index is 227. The molecule has 0 fully saturated rings. The average Bonchev–Trinajstić information content (AvgIpc) is 2.06. The Kier molecular flexibility index (Phi) is 3.53. The van der Waals surface area contributed by atoms with Crippen molar-refractivity contribution in [1.29, 1.82) is 0 Å². The van der Waals surface area contributed by atoms with Crippen LogP contribution in [0.15, 0.2) is 24.3 Å². The maximum absolute atomic E-state index is 4.60. The van der Waals surface area contributed by atoms with Gasteiger partial charge in [-0.15, -0.1) is 0 Å². The standard InChI is InChI=1S/C8H10BOS/c1-2-7-4-3-5-8(6-7)9-10-11/h3-6,11H,2H2,1H3. The van der Waals surface area contributed by atoms with Crippen molar-refractivity contribution in [3.05, 3.63) is 29.8 Å². The smallest absolute Gasteiger partial charge is 0.350 e. The van der Waals surface area contributed by atoms with Gasteiger partial charge in [0.15, 0.2) is 0 Å². The highest BCUT2D eigenvalue weighted by atomic mass is 32.1. The molecule has 0 aliphatic heterocycles. The van der Waals surface area contributed by atoms with E-state index in [1.54, 1.807) is 7.48 Å². The number of aryl methyl sites for hydroxylation is 1. The summed E-state index contributed by atoms with van der Waals surface area (Å²) < 4.78 is 4.60. The van der Waals surface area contributed by atoms with E-state index in [1.165, 1.54) is 5.56 Å². The van der Waals surface area contributed by atoms with Crippen molar-refractivity contribution in [2.45, 2.75) is 13.3 Å². The van der Waals surface area contributed by atoms with E-state index in [-0.39, 0.29) is 0 Å². The van der Waals surface area contributed by atoms with Crippen molar-refractivity contribution in [2.24, 2.45) is 0 Å². The Balaban J connectivity index is 2.74. The molecule has 57 valence electrons. The van der Waals surface area contributed by atoms with Crippen LogP contribution in [0.25, 0.3) is 0 Å². The zero-order chi connectivity index (χ0) is 8.10. The molecule has 1 aromatic rings. The van der Waals surface area contributed by atoms with Gasteiger partial charge in [-0.25, -0.2) is 0 Å². The first-order valence-corrected chi connectivity index (χ1v) is 3.95. The molecule has 1 aromatic carbocycles. The fourth-order valence-electron chi connectivity index (χ4n) is 0.947. The summed E-state index contributed by atoms with van der Waals surface area (Å²) in [7, 11) is 1.61. The maximum atomic E-state index is 4.60. The van der Waals surface area contributed by atoms with Crippen LogP contribution in [0.4, 0.5) is 0 Å². The SMILES string of the molecule is CCc1cccc([B]OS)c1. The summed E-state index contributed by atoms with van der Waals surface area (Å²) in [5.74, 6) is 0. The number of benzene rings is 1. The van der Waals surface area contributed by atoms with Gasteiger partial charge in [0.2, 0.25) is 0 Å². The van der Waals surface area contributed by atoms with Crippen molar-refractivity contribution in [1.82, 2.24) is 0 Å². The third-order valence-electron chi connectivity index (χ3n) is 1.55. The monoisotopic (exact) mass is 165 g/mol. The topological polar surface area (TPSA) is 9.23 Å². The molecular formula is C8H10BOS. The summed E-state index contributed by atoms with van der Waals surface area (Å²) in [6.45, 7) is 2.13. The first-order valence-electron chi connectivity index (χ1n) is 3.59. The molecule has 0 amide bonds. The van der Waals surface area contributed by atoms with Crippen molar-refractivity contribution in [2.75, 3.05) is 0 Å². The van der Waals surface area contributed by atoms with Crippen LogP contribution in [0.2, 0.25) is 0 Å². The van der Waals surface area contributed by atoms with E-state index in [2.05, 4.69) is 36.1 Å².